The van der Waals surface area contributed by atoms with E-state index in [1.165, 1.54) is 10.9 Å². The lowest BCUT2D eigenvalue weighted by Crippen LogP contribution is -2.25. The van der Waals surface area contributed by atoms with E-state index < -0.39 is 5.91 Å². The van der Waals surface area contributed by atoms with E-state index in [1.54, 1.807) is 36.3 Å². The van der Waals surface area contributed by atoms with Crippen LogP contribution in [0.3, 0.4) is 0 Å². The number of carbonyl (C=O) groups excluding carboxylic acids is 2. The second-order valence-corrected chi connectivity index (χ2v) is 6.29. The van der Waals surface area contributed by atoms with E-state index in [0.717, 1.165) is 0 Å². The Kier molecular flexibility index (Phi) is 5.21. The molecule has 0 saturated heterocycles. The van der Waals surface area contributed by atoms with E-state index in [0.29, 0.717) is 28.2 Å². The molecule has 0 saturated carbocycles. The molecular formula is C16H17BrN6O3. The van der Waals surface area contributed by atoms with Crippen LogP contribution in [-0.2, 0) is 20.1 Å². The summed E-state index contributed by atoms with van der Waals surface area (Å²) < 4.78 is 8.78. The van der Waals surface area contributed by atoms with E-state index in [9.17, 15) is 9.59 Å². The minimum atomic E-state index is -0.416. The maximum absolute atomic E-state index is 12.6. The minimum absolute atomic E-state index is 0.117. The smallest absolute Gasteiger partial charge is 0.275 e. The summed E-state index contributed by atoms with van der Waals surface area (Å²) >= 11 is 3.32. The van der Waals surface area contributed by atoms with E-state index >= 15 is 0 Å². The first kappa shape index (κ1) is 17.9. The molecule has 2 amide bonds. The molecule has 3 heterocycles. The molecule has 3 aromatic heterocycles. The fourth-order valence-electron chi connectivity index (χ4n) is 2.42. The van der Waals surface area contributed by atoms with Crippen LogP contribution in [0.15, 0.2) is 39.7 Å². The van der Waals surface area contributed by atoms with E-state index in [4.69, 9.17) is 4.42 Å². The number of nitrogens with one attached hydrogen (secondary N) is 2. The summed E-state index contributed by atoms with van der Waals surface area (Å²) in [6.45, 7) is 2.65. The molecule has 10 heteroatoms. The second-order valence-electron chi connectivity index (χ2n) is 5.44. The second kappa shape index (κ2) is 7.56. The topological polar surface area (TPSA) is 107 Å². The number of nitrogens with zero attached hydrogens (tertiary/aromatic N) is 4. The Morgan fingerprint density at radius 1 is 1.35 bits per heavy atom. The van der Waals surface area contributed by atoms with Crippen molar-refractivity contribution >= 4 is 33.4 Å². The van der Waals surface area contributed by atoms with Crippen molar-refractivity contribution in [2.75, 3.05) is 5.32 Å². The van der Waals surface area contributed by atoms with Crippen LogP contribution in [0.1, 0.15) is 33.7 Å². The average Bonchev–Trinajstić information content (AvgIpc) is 3.32. The predicted molar refractivity (Wildman–Crippen MR) is 96.6 cm³/mol. The number of halogens is 1. The predicted octanol–water partition coefficient (Wildman–Crippen LogP) is 2.17. The number of hydrogen-bond donors (Lipinski definition) is 2. The first-order valence-corrected chi connectivity index (χ1v) is 8.65. The molecule has 3 aromatic rings. The molecule has 0 atom stereocenters. The van der Waals surface area contributed by atoms with Crippen LogP contribution < -0.4 is 10.6 Å². The molecule has 0 aromatic carbocycles. The Bertz CT molecular complexity index is 928. The number of anilines is 1. The number of furan rings is 1. The van der Waals surface area contributed by atoms with Gasteiger partial charge in [-0.05, 0) is 35.0 Å². The molecule has 9 nitrogen and oxygen atoms in total. The molecule has 2 N–H and O–H groups in total. The van der Waals surface area contributed by atoms with E-state index in [2.05, 4.69) is 36.8 Å². The molecule has 0 bridgehead atoms. The van der Waals surface area contributed by atoms with Crippen LogP contribution in [0.2, 0.25) is 0 Å². The lowest BCUT2D eigenvalue weighted by molar-refractivity contribution is 0.0943. The van der Waals surface area contributed by atoms with Gasteiger partial charge in [0.1, 0.15) is 11.5 Å². The van der Waals surface area contributed by atoms with Crippen molar-refractivity contribution in [3.63, 3.8) is 0 Å². The van der Waals surface area contributed by atoms with E-state index in [1.807, 2.05) is 6.92 Å². The third kappa shape index (κ3) is 3.69. The van der Waals surface area contributed by atoms with Gasteiger partial charge in [0.05, 0.1) is 29.2 Å². The van der Waals surface area contributed by atoms with Gasteiger partial charge in [-0.3, -0.25) is 19.0 Å². The van der Waals surface area contributed by atoms with Crippen molar-refractivity contribution in [3.8, 4) is 0 Å². The minimum Gasteiger partial charge on any atom is -0.467 e. The fourth-order valence-corrected chi connectivity index (χ4v) is 2.90. The quantitative estimate of drug-likeness (QED) is 0.635. The zero-order valence-corrected chi connectivity index (χ0v) is 15.8. The Hall–Kier alpha value is -2.88. The summed E-state index contributed by atoms with van der Waals surface area (Å²) in [6, 6.07) is 3.49. The largest absolute Gasteiger partial charge is 0.467 e. The molecule has 0 aliphatic heterocycles. The Labute approximate surface area is 157 Å². The van der Waals surface area contributed by atoms with Crippen molar-refractivity contribution < 1.29 is 14.0 Å². The summed E-state index contributed by atoms with van der Waals surface area (Å²) in [7, 11) is 1.67. The maximum Gasteiger partial charge on any atom is 0.275 e. The van der Waals surface area contributed by atoms with Crippen molar-refractivity contribution in [2.45, 2.75) is 20.0 Å². The zero-order valence-electron chi connectivity index (χ0n) is 14.2. The highest BCUT2D eigenvalue weighted by Gasteiger charge is 2.22. The van der Waals surface area contributed by atoms with Crippen LogP contribution >= 0.6 is 15.9 Å². The van der Waals surface area contributed by atoms with Gasteiger partial charge in [0.25, 0.3) is 11.8 Å². The van der Waals surface area contributed by atoms with Gasteiger partial charge < -0.3 is 15.1 Å². The van der Waals surface area contributed by atoms with Gasteiger partial charge in [-0.25, -0.2) is 0 Å². The normalized spacial score (nSPS) is 10.7. The Balaban J connectivity index is 1.77. The van der Waals surface area contributed by atoms with Gasteiger partial charge in [0.15, 0.2) is 5.69 Å². The summed E-state index contributed by atoms with van der Waals surface area (Å²) in [5.74, 6) is -0.180. The third-order valence-corrected chi connectivity index (χ3v) is 4.19. The van der Waals surface area contributed by atoms with Gasteiger partial charge >= 0.3 is 0 Å². The van der Waals surface area contributed by atoms with Crippen LogP contribution in [0, 0.1) is 0 Å². The van der Waals surface area contributed by atoms with Crippen molar-refractivity contribution in [3.05, 3.63) is 52.4 Å². The molecule has 0 aliphatic carbocycles. The lowest BCUT2D eigenvalue weighted by Gasteiger charge is -2.07. The summed E-state index contributed by atoms with van der Waals surface area (Å²) in [5.41, 5.74) is 0.801. The summed E-state index contributed by atoms with van der Waals surface area (Å²) in [6.07, 6.45) is 4.65. The molecule has 136 valence electrons. The number of aromatic nitrogens is 4. The Morgan fingerprint density at radius 2 is 2.15 bits per heavy atom. The van der Waals surface area contributed by atoms with E-state index in [-0.39, 0.29) is 18.1 Å². The summed E-state index contributed by atoms with van der Waals surface area (Å²) in [5, 5.41) is 13.7. The average molecular weight is 421 g/mol. The molecule has 26 heavy (non-hydrogen) atoms. The van der Waals surface area contributed by atoms with Crippen LogP contribution in [-0.4, -0.2) is 31.4 Å². The number of amides is 2. The molecular weight excluding hydrogens is 404 g/mol. The lowest BCUT2D eigenvalue weighted by atomic mass is 10.3. The highest BCUT2D eigenvalue weighted by atomic mass is 79.9. The van der Waals surface area contributed by atoms with Gasteiger partial charge in [-0.2, -0.15) is 10.2 Å². The van der Waals surface area contributed by atoms with Gasteiger partial charge in [-0.15, -0.1) is 0 Å². The molecule has 0 aliphatic rings. The third-order valence-electron chi connectivity index (χ3n) is 3.60. The van der Waals surface area contributed by atoms with Crippen LogP contribution in [0.4, 0.5) is 5.69 Å². The molecule has 0 fully saturated rings. The van der Waals surface area contributed by atoms with Crippen LogP contribution in [0.25, 0.3) is 0 Å². The number of rotatable bonds is 6. The number of aryl methyl sites for hydroxylation is 2. The van der Waals surface area contributed by atoms with Gasteiger partial charge in [-0.1, -0.05) is 0 Å². The molecule has 0 radical (unpaired) electrons. The standard InChI is InChI=1S/C16H17BrN6O3/c1-3-23-14(11(17)8-19-23)16(25)20-12-9-22(2)21-13(12)15(24)18-7-10-5-4-6-26-10/h4-6,8-9H,3,7H2,1-2H3,(H,18,24)(H,20,25). The number of hydrogen-bond acceptors (Lipinski definition) is 5. The highest BCUT2D eigenvalue weighted by molar-refractivity contribution is 9.10. The summed E-state index contributed by atoms with van der Waals surface area (Å²) in [4.78, 5) is 25.0. The first-order chi connectivity index (χ1) is 12.5. The van der Waals surface area contributed by atoms with Crippen LogP contribution in [0.5, 0.6) is 0 Å². The van der Waals surface area contributed by atoms with Gasteiger partial charge in [0, 0.05) is 19.8 Å². The zero-order chi connectivity index (χ0) is 18.7. The molecule has 3 rings (SSSR count). The van der Waals surface area contributed by atoms with Crippen molar-refractivity contribution in [1.82, 2.24) is 24.9 Å². The Morgan fingerprint density at radius 3 is 2.85 bits per heavy atom. The van der Waals surface area contributed by atoms with Gasteiger partial charge in [0.2, 0.25) is 0 Å². The van der Waals surface area contributed by atoms with Crippen molar-refractivity contribution in [2.24, 2.45) is 7.05 Å². The fraction of sp³-hybridized carbons (Fsp3) is 0.250. The maximum atomic E-state index is 12.6. The highest BCUT2D eigenvalue weighted by Crippen LogP contribution is 2.20. The first-order valence-electron chi connectivity index (χ1n) is 7.86. The molecule has 0 unspecified atom stereocenters. The SMILES string of the molecule is CCn1ncc(Br)c1C(=O)Nc1cn(C)nc1C(=O)NCc1ccco1. The monoisotopic (exact) mass is 420 g/mol. The van der Waals surface area contributed by atoms with Crippen molar-refractivity contribution in [1.29, 1.82) is 0 Å². The number of carbonyl (C=O) groups is 2. The molecule has 0 spiro atoms.